The van der Waals surface area contributed by atoms with Crippen molar-refractivity contribution in [3.05, 3.63) is 64.5 Å². The van der Waals surface area contributed by atoms with E-state index in [4.69, 9.17) is 0 Å². The fourth-order valence-electron chi connectivity index (χ4n) is 2.58. The van der Waals surface area contributed by atoms with E-state index in [1.807, 2.05) is 30.5 Å². The molecular formula is C16H16N4O3. The minimum absolute atomic E-state index is 0.107. The second kappa shape index (κ2) is 6.45. The molecule has 3 rings (SSSR count). The molecule has 3 N–H and O–H groups in total. The smallest absolute Gasteiger partial charge is 0.311 e. The molecule has 23 heavy (non-hydrogen) atoms. The third-order valence-corrected chi connectivity index (χ3v) is 3.69. The Morgan fingerprint density at radius 3 is 2.91 bits per heavy atom. The Morgan fingerprint density at radius 1 is 1.30 bits per heavy atom. The fourth-order valence-corrected chi connectivity index (χ4v) is 2.58. The number of aromatic amines is 1. The van der Waals surface area contributed by atoms with Gasteiger partial charge in [-0.1, -0.05) is 18.2 Å². The molecule has 0 bridgehead atoms. The number of nitrogens with zero attached hydrogens (tertiary/aromatic N) is 2. The van der Waals surface area contributed by atoms with Gasteiger partial charge in [-0.3, -0.25) is 10.1 Å². The van der Waals surface area contributed by atoms with Gasteiger partial charge in [0.25, 0.3) is 0 Å². The van der Waals surface area contributed by atoms with Gasteiger partial charge in [0.1, 0.15) is 0 Å². The van der Waals surface area contributed by atoms with Gasteiger partial charge in [0.2, 0.25) is 5.82 Å². The summed E-state index contributed by atoms with van der Waals surface area (Å²) in [4.78, 5) is 17.7. The van der Waals surface area contributed by atoms with E-state index in [2.05, 4.69) is 15.3 Å². The number of hydrogen-bond donors (Lipinski definition) is 3. The van der Waals surface area contributed by atoms with E-state index in [0.717, 1.165) is 16.5 Å². The lowest BCUT2D eigenvalue weighted by atomic mass is 10.1. The third kappa shape index (κ3) is 3.14. The van der Waals surface area contributed by atoms with Gasteiger partial charge in [0.05, 0.1) is 17.6 Å². The van der Waals surface area contributed by atoms with E-state index in [-0.39, 0.29) is 24.2 Å². The van der Waals surface area contributed by atoms with Gasteiger partial charge in [-0.15, -0.1) is 0 Å². The average Bonchev–Trinajstić information content (AvgIpc) is 2.97. The summed E-state index contributed by atoms with van der Waals surface area (Å²) in [5.74, 6) is 0.163. The normalized spacial score (nSPS) is 12.2. The molecule has 2 heterocycles. The first-order valence-electron chi connectivity index (χ1n) is 7.21. The molecule has 7 nitrogen and oxygen atoms in total. The topological polar surface area (TPSA) is 104 Å². The van der Waals surface area contributed by atoms with Crippen molar-refractivity contribution in [3.63, 3.8) is 0 Å². The summed E-state index contributed by atoms with van der Waals surface area (Å²) in [7, 11) is 0. The maximum atomic E-state index is 11.0. The van der Waals surface area contributed by atoms with Crippen LogP contribution in [0.2, 0.25) is 0 Å². The Bertz CT molecular complexity index is 831. The number of H-pyrrole nitrogens is 1. The van der Waals surface area contributed by atoms with Crippen molar-refractivity contribution >= 4 is 22.4 Å². The van der Waals surface area contributed by atoms with Crippen LogP contribution >= 0.6 is 0 Å². The largest absolute Gasteiger partial charge is 0.394 e. The van der Waals surface area contributed by atoms with E-state index in [1.54, 1.807) is 0 Å². The molecule has 0 aliphatic rings. The van der Waals surface area contributed by atoms with Gasteiger partial charge >= 0.3 is 5.69 Å². The monoisotopic (exact) mass is 312 g/mol. The van der Waals surface area contributed by atoms with Crippen molar-refractivity contribution in [1.29, 1.82) is 0 Å². The Kier molecular flexibility index (Phi) is 4.20. The second-order valence-corrected chi connectivity index (χ2v) is 5.22. The number of hydrogen-bond acceptors (Lipinski definition) is 5. The molecule has 0 aliphatic carbocycles. The summed E-state index contributed by atoms with van der Waals surface area (Å²) in [5.41, 5.74) is 1.94. The summed E-state index contributed by atoms with van der Waals surface area (Å²) in [6, 6.07) is 10.4. The van der Waals surface area contributed by atoms with Gasteiger partial charge in [-0.05, 0) is 24.1 Å². The van der Waals surface area contributed by atoms with Crippen molar-refractivity contribution in [3.8, 4) is 0 Å². The molecule has 0 amide bonds. The first-order chi connectivity index (χ1) is 11.2. The lowest BCUT2D eigenvalue weighted by molar-refractivity contribution is -0.384. The quantitative estimate of drug-likeness (QED) is 0.479. The van der Waals surface area contributed by atoms with Gasteiger partial charge in [-0.2, -0.15) is 0 Å². The number of fused-ring (bicyclic) bond motifs is 1. The molecule has 0 fully saturated rings. The maximum absolute atomic E-state index is 11.0. The van der Waals surface area contributed by atoms with Crippen LogP contribution in [0.15, 0.2) is 48.8 Å². The molecule has 1 atom stereocenters. The van der Waals surface area contributed by atoms with Crippen LogP contribution in [0.25, 0.3) is 10.9 Å². The lowest BCUT2D eigenvalue weighted by Crippen LogP contribution is -2.27. The van der Waals surface area contributed by atoms with Crippen LogP contribution in [0.4, 0.5) is 11.5 Å². The number of aliphatic hydroxyl groups excluding tert-OH is 1. The van der Waals surface area contributed by atoms with Crippen LogP contribution in [0.5, 0.6) is 0 Å². The van der Waals surface area contributed by atoms with Gasteiger partial charge < -0.3 is 15.4 Å². The minimum Gasteiger partial charge on any atom is -0.394 e. The summed E-state index contributed by atoms with van der Waals surface area (Å²) in [6.45, 7) is -0.159. The highest BCUT2D eigenvalue weighted by Gasteiger charge is 2.18. The number of nitrogens with one attached hydrogen (secondary N) is 2. The van der Waals surface area contributed by atoms with Crippen molar-refractivity contribution in [2.75, 3.05) is 11.9 Å². The van der Waals surface area contributed by atoms with E-state index in [9.17, 15) is 15.2 Å². The van der Waals surface area contributed by atoms with Crippen molar-refractivity contribution in [2.45, 2.75) is 12.5 Å². The molecular weight excluding hydrogens is 296 g/mol. The van der Waals surface area contributed by atoms with Gasteiger partial charge in [0, 0.05) is 29.4 Å². The number of anilines is 1. The predicted octanol–water partition coefficient (Wildman–Crippen LogP) is 2.49. The van der Waals surface area contributed by atoms with Crippen molar-refractivity contribution in [2.24, 2.45) is 0 Å². The van der Waals surface area contributed by atoms with Gasteiger partial charge in [-0.25, -0.2) is 4.98 Å². The molecule has 0 unspecified atom stereocenters. The van der Waals surface area contributed by atoms with E-state index in [1.165, 1.54) is 18.3 Å². The Balaban J connectivity index is 1.83. The molecule has 118 valence electrons. The average molecular weight is 312 g/mol. The molecule has 3 aromatic rings. The lowest BCUT2D eigenvalue weighted by Gasteiger charge is -2.16. The highest BCUT2D eigenvalue weighted by Crippen LogP contribution is 2.23. The van der Waals surface area contributed by atoms with E-state index in [0.29, 0.717) is 6.42 Å². The van der Waals surface area contributed by atoms with Crippen molar-refractivity contribution < 1.29 is 10.0 Å². The van der Waals surface area contributed by atoms with Crippen LogP contribution in [0, 0.1) is 10.1 Å². The zero-order valence-corrected chi connectivity index (χ0v) is 12.3. The third-order valence-electron chi connectivity index (χ3n) is 3.69. The predicted molar refractivity (Wildman–Crippen MR) is 87.4 cm³/mol. The summed E-state index contributed by atoms with van der Waals surface area (Å²) in [5, 5.41) is 24.7. The van der Waals surface area contributed by atoms with Crippen LogP contribution in [-0.2, 0) is 6.42 Å². The SMILES string of the molecule is O=[N+]([O-])c1cccnc1N[C@H](CO)Cc1c[nH]c2ccccc12. The molecule has 0 aliphatic heterocycles. The van der Waals surface area contributed by atoms with E-state index < -0.39 is 4.92 Å². The Morgan fingerprint density at radius 2 is 2.13 bits per heavy atom. The zero-order chi connectivity index (χ0) is 16.2. The number of pyridine rings is 1. The summed E-state index contributed by atoms with van der Waals surface area (Å²) >= 11 is 0. The van der Waals surface area contributed by atoms with Crippen LogP contribution in [0.3, 0.4) is 0 Å². The fraction of sp³-hybridized carbons (Fsp3) is 0.188. The number of rotatable bonds is 6. The first kappa shape index (κ1) is 15.0. The molecule has 0 saturated heterocycles. The van der Waals surface area contributed by atoms with Gasteiger partial charge in [0.15, 0.2) is 0 Å². The number of nitro groups is 1. The number of aliphatic hydroxyl groups is 1. The second-order valence-electron chi connectivity index (χ2n) is 5.22. The maximum Gasteiger partial charge on any atom is 0.311 e. The summed E-state index contributed by atoms with van der Waals surface area (Å²) < 4.78 is 0. The van der Waals surface area contributed by atoms with E-state index >= 15 is 0 Å². The minimum atomic E-state index is -0.491. The molecule has 0 spiro atoms. The Labute approximate surface area is 132 Å². The molecule has 0 radical (unpaired) electrons. The van der Waals surface area contributed by atoms with Crippen LogP contribution in [0.1, 0.15) is 5.56 Å². The number of para-hydroxylation sites is 1. The standard InChI is InChI=1S/C16H16N4O3/c21-10-12(19-16-15(20(22)23)6-3-7-17-16)8-11-9-18-14-5-2-1-4-13(11)14/h1-7,9,12,18,21H,8,10H2,(H,17,19)/t12-/m0/s1. The first-order valence-corrected chi connectivity index (χ1v) is 7.21. The molecule has 1 aromatic carbocycles. The number of benzene rings is 1. The summed E-state index contributed by atoms with van der Waals surface area (Å²) in [6.07, 6.45) is 3.89. The Hall–Kier alpha value is -2.93. The van der Waals surface area contributed by atoms with Crippen molar-refractivity contribution in [1.82, 2.24) is 9.97 Å². The zero-order valence-electron chi connectivity index (χ0n) is 12.3. The molecule has 7 heteroatoms. The highest BCUT2D eigenvalue weighted by molar-refractivity contribution is 5.83. The van der Waals surface area contributed by atoms with Crippen LogP contribution < -0.4 is 5.32 Å². The molecule has 2 aromatic heterocycles. The molecule has 0 saturated carbocycles. The van der Waals surface area contributed by atoms with Crippen LogP contribution in [-0.4, -0.2) is 32.6 Å². The number of aromatic nitrogens is 2. The highest BCUT2D eigenvalue weighted by atomic mass is 16.6.